The number of nitriles is 1. The number of hydrogen-bond acceptors (Lipinski definition) is 7. The van der Waals surface area contributed by atoms with E-state index in [9.17, 15) is 48.7 Å². The van der Waals surface area contributed by atoms with Crippen molar-refractivity contribution in [3.63, 3.8) is 0 Å². The zero-order chi connectivity index (χ0) is 102. The van der Waals surface area contributed by atoms with Crippen LogP contribution in [0.5, 0.6) is 28.7 Å². The SMILES string of the molecule is C=C.C=C(C)Oc1ccc(C2CCC(C)CC2)c(F)c1F.C=CC1CCC(/C=C/c2ccc(C)c(F)c2F)CC1.C=CC1CCC(c2ccc(OC)c(F)c2F)CC1.C=CCOc1ccc(C2CCC(C)CC2)c(F)c1F.C=COc1ccc(C2CCC(C)CC2)c(F)c1F.CC1CCC(C2CCC(C)(C#N)CC2)CC1.CC1CCC(c2ccc(OC(=O)C3CCC(C4CCC(C)CC4)CC3)cc2)CC1.[HH].[HH].[HH].[HH].[HH].[HH].[HH].[HH].[HH].[HH]. The predicted molar refractivity (Wildman–Crippen MR) is 574 cm³/mol. The van der Waals surface area contributed by atoms with Crippen LogP contribution in [0.2, 0.25) is 0 Å². The summed E-state index contributed by atoms with van der Waals surface area (Å²) in [5, 5.41) is 9.13. The zero-order valence-electron chi connectivity index (χ0n) is 86.1. The average Bonchev–Trinajstić information content (AvgIpc) is 0.812. The Kier molecular flexibility index (Phi) is 47.5. The molecule has 0 saturated heterocycles. The first kappa shape index (κ1) is 115. The molecule has 7 nitrogen and oxygen atoms in total. The Morgan fingerprint density at radius 1 is 0.400 bits per heavy atom. The Labute approximate surface area is 849 Å². The number of carbonyl (C=O) groups is 1. The summed E-state index contributed by atoms with van der Waals surface area (Å²) < 4.78 is 164. The van der Waals surface area contributed by atoms with Crippen LogP contribution in [0.15, 0.2) is 167 Å². The largest absolute Gasteiger partial charge is 0.494 e. The van der Waals surface area contributed by atoms with Crippen molar-refractivity contribution in [2.75, 3.05) is 13.7 Å². The lowest BCUT2D eigenvalue weighted by Gasteiger charge is -2.39. The summed E-state index contributed by atoms with van der Waals surface area (Å²) in [5.74, 6) is 4.19. The van der Waals surface area contributed by atoms with Gasteiger partial charge >= 0.3 is 5.97 Å². The van der Waals surface area contributed by atoms with E-state index >= 15 is 0 Å². The van der Waals surface area contributed by atoms with Crippen molar-refractivity contribution in [2.24, 2.45) is 88.3 Å². The lowest BCUT2D eigenvalue weighted by Crippen LogP contribution is -2.29. The molecule has 0 bridgehead atoms. The van der Waals surface area contributed by atoms with Crippen LogP contribution in [0.1, 0.15) is 395 Å². The van der Waals surface area contributed by atoms with Gasteiger partial charge in [-0.15, -0.1) is 26.3 Å². The molecule has 16 rings (SSSR count). The lowest BCUT2D eigenvalue weighted by atomic mass is 9.66. The fourth-order valence-corrected chi connectivity index (χ4v) is 23.1. The maximum atomic E-state index is 14.1. The van der Waals surface area contributed by atoms with Crippen LogP contribution in [0, 0.1) is 165 Å². The van der Waals surface area contributed by atoms with E-state index in [-0.39, 0.29) is 84.8 Å². The van der Waals surface area contributed by atoms with Gasteiger partial charge in [-0.1, -0.05) is 217 Å². The first-order valence-corrected chi connectivity index (χ1v) is 53.2. The van der Waals surface area contributed by atoms with E-state index in [0.29, 0.717) is 80.6 Å². The van der Waals surface area contributed by atoms with Crippen LogP contribution < -0.4 is 23.7 Å². The van der Waals surface area contributed by atoms with Gasteiger partial charge in [-0.25, -0.2) is 26.3 Å². The number of carbonyl (C=O) groups excluding carboxylic acids is 1. The van der Waals surface area contributed by atoms with Crippen LogP contribution in [0.3, 0.4) is 0 Å². The Morgan fingerprint density at radius 3 is 1.14 bits per heavy atom. The van der Waals surface area contributed by atoms with Gasteiger partial charge in [-0.2, -0.15) is 22.8 Å². The number of rotatable bonds is 21. The standard InChI is InChI=1S/C27H40O2.C17H20F2.2C16H20F2O.2C15H18F2O.C15H25N.C2H4.10H2/c1-19-3-7-21(8-4-19)23-11-13-25(14-12-23)27(28)29-26-17-15-24(16-18-26)22-9-5-20(2)6-10-22;1-3-13-5-7-14(8-6-13)9-11-15-10-4-12(2)16(18)17(15)19;1-10(2)19-14-9-8-13(15(17)16(14)18)12-6-4-11(3)5-7-12;1-3-10-19-14-9-8-13(15(17)16(14)18)12-6-4-11(2)5-7-12;1-3-10-4-6-11(7-5-10)12-8-9-13(18-2)15(17)14(12)16;1-3-18-13-9-8-12(14(16)15(13)17)11-6-4-10(2)5-7-11;1-12-3-5-13(6-4-12)14-7-9-15(2,11-16)10-8-14;1-2;;;;;;;;;;/h15-23,25H,3-14H2,1-2H3;3-4,9-11,13-14H,1,5-8H2,2H3;8-9,11-12H,1,4-7H2,2-3H3;3,8-9,11-12H,1,4-7,10H2,2H3;2*3,8-11H,1,4-7H2,2H3;12-14H,3-10H2,1-2H3;1-2H2;10*1H/b;11-9+;;;;;;;;;;;;;;;;. The molecule has 6 aromatic rings. The minimum absolute atomic E-state index is 0. The number of methoxy groups -OCH3 is 1. The molecule has 10 fully saturated rings. The second-order valence-corrected chi connectivity index (χ2v) is 43.2. The van der Waals surface area contributed by atoms with Gasteiger partial charge in [-0.05, 0) is 377 Å². The molecule has 0 spiro atoms. The maximum absolute atomic E-state index is 14.1. The van der Waals surface area contributed by atoms with Crippen LogP contribution in [0.4, 0.5) is 43.9 Å². The Balaban J connectivity index is 0. The molecule has 0 N–H and O–H groups in total. The van der Waals surface area contributed by atoms with Gasteiger partial charge in [0.1, 0.15) is 12.4 Å². The molecule has 10 saturated carbocycles. The summed E-state index contributed by atoms with van der Waals surface area (Å²) in [6.07, 6.45) is 56.7. The highest BCUT2D eigenvalue weighted by Gasteiger charge is 2.38. The number of aryl methyl sites for hydroxylation is 1. The summed E-state index contributed by atoms with van der Waals surface area (Å²) in [5.41, 5.74) is 4.05. The van der Waals surface area contributed by atoms with Gasteiger partial charge in [0.2, 0.25) is 23.3 Å². The van der Waals surface area contributed by atoms with Crippen LogP contribution in [-0.4, -0.2) is 19.7 Å². The van der Waals surface area contributed by atoms with Crippen molar-refractivity contribution in [3.05, 3.63) is 264 Å². The average molecular weight is 1960 g/mol. The monoisotopic (exact) mass is 1960 g/mol. The molecule has 0 unspecified atom stereocenters. The number of hydrogen-bond donors (Lipinski definition) is 0. The summed E-state index contributed by atoms with van der Waals surface area (Å²) in [4.78, 5) is 12.7. The van der Waals surface area contributed by atoms with Gasteiger partial charge in [-0.3, -0.25) is 4.79 Å². The van der Waals surface area contributed by atoms with Gasteiger partial charge in [0.25, 0.3) is 0 Å². The smallest absolute Gasteiger partial charge is 0.314 e. The zero-order valence-corrected chi connectivity index (χ0v) is 86.1. The van der Waals surface area contributed by atoms with Crippen molar-refractivity contribution in [1.29, 1.82) is 5.26 Å². The molecule has 10 aliphatic rings. The van der Waals surface area contributed by atoms with Crippen LogP contribution in [0.25, 0.3) is 6.08 Å². The molecule has 6 aromatic carbocycles. The molecule has 788 valence electrons. The normalized spacial score (nSPS) is 28.2. The molecule has 140 heavy (non-hydrogen) atoms. The quantitative estimate of drug-likeness (QED) is 0.0233. The number of benzene rings is 6. The van der Waals surface area contributed by atoms with Crippen molar-refractivity contribution in [1.82, 2.24) is 0 Å². The minimum atomic E-state index is -0.911. The number of ether oxygens (including phenoxy) is 5. The number of nitrogens with zero attached hydrogens (tertiary/aromatic N) is 1. The summed E-state index contributed by atoms with van der Waals surface area (Å²) in [6.45, 7) is 43.2. The third-order valence-corrected chi connectivity index (χ3v) is 32.8. The van der Waals surface area contributed by atoms with Crippen molar-refractivity contribution >= 4 is 12.0 Å². The van der Waals surface area contributed by atoms with Crippen molar-refractivity contribution in [3.8, 4) is 34.8 Å². The lowest BCUT2D eigenvalue weighted by molar-refractivity contribution is -0.140. The molecular formula is C123H185F10NO6. The van der Waals surface area contributed by atoms with Gasteiger partial charge in [0.05, 0.1) is 36.5 Å². The molecule has 0 aromatic heterocycles. The predicted octanol–water partition coefficient (Wildman–Crippen LogP) is 39.8. The second-order valence-electron chi connectivity index (χ2n) is 43.2. The van der Waals surface area contributed by atoms with E-state index < -0.39 is 58.2 Å². The topological polar surface area (TPSA) is 87.0 Å². The number of allylic oxidation sites excluding steroid dienone is 4. The highest BCUT2D eigenvalue weighted by molar-refractivity contribution is 5.75. The van der Waals surface area contributed by atoms with E-state index in [1.807, 2.05) is 30.4 Å². The second kappa shape index (κ2) is 58.0. The third kappa shape index (κ3) is 34.1. The van der Waals surface area contributed by atoms with E-state index in [1.165, 1.54) is 146 Å². The highest BCUT2D eigenvalue weighted by Crippen LogP contribution is 2.49. The number of halogens is 10. The molecular weight excluding hydrogens is 1780 g/mol. The van der Waals surface area contributed by atoms with E-state index in [4.69, 9.17) is 28.9 Å². The Bertz CT molecular complexity index is 4950. The first-order valence-electron chi connectivity index (χ1n) is 53.2. The van der Waals surface area contributed by atoms with Gasteiger partial charge in [0.15, 0.2) is 57.9 Å². The number of esters is 1. The summed E-state index contributed by atoms with van der Waals surface area (Å²) >= 11 is 0. The van der Waals surface area contributed by atoms with Crippen molar-refractivity contribution in [2.45, 2.75) is 349 Å². The van der Waals surface area contributed by atoms with E-state index in [0.717, 1.165) is 208 Å². The summed E-state index contributed by atoms with van der Waals surface area (Å²) in [7, 11) is 1.34. The molecule has 0 radical (unpaired) electrons. The fraction of sp³-hybridized carbons (Fsp3) is 0.577. The molecule has 10 aliphatic carbocycles. The van der Waals surface area contributed by atoms with Gasteiger partial charge in [0, 0.05) is 19.8 Å². The molecule has 0 atom stereocenters. The van der Waals surface area contributed by atoms with Crippen molar-refractivity contribution < 1.29 is 86.6 Å². The van der Waals surface area contributed by atoms with E-state index in [1.54, 1.807) is 56.3 Å². The molecule has 0 aliphatic heterocycles. The summed E-state index contributed by atoms with van der Waals surface area (Å²) in [6, 6.07) is 26.8. The molecule has 0 heterocycles. The third-order valence-electron chi connectivity index (χ3n) is 32.8. The molecule has 0 amide bonds. The molecule has 17 heteroatoms. The van der Waals surface area contributed by atoms with Crippen LogP contribution in [-0.2, 0) is 4.79 Å². The first-order chi connectivity index (χ1) is 67.2. The van der Waals surface area contributed by atoms with Crippen LogP contribution >= 0.6 is 0 Å². The minimum Gasteiger partial charge on any atom is -0.494 e. The fourth-order valence-electron chi connectivity index (χ4n) is 23.1. The van der Waals surface area contributed by atoms with Gasteiger partial charge < -0.3 is 23.7 Å². The van der Waals surface area contributed by atoms with E-state index in [2.05, 4.69) is 113 Å². The Hall–Kier alpha value is -9.04. The highest BCUT2D eigenvalue weighted by atomic mass is 19.2. The maximum Gasteiger partial charge on any atom is 0.314 e. The Morgan fingerprint density at radius 2 is 0.743 bits per heavy atom.